The number of hydrogen-bond donors (Lipinski definition) is 1. The Morgan fingerprint density at radius 3 is 2.78 bits per heavy atom. The third kappa shape index (κ3) is 4.70. The molecule has 23 heavy (non-hydrogen) atoms. The van der Waals surface area contributed by atoms with Crippen molar-refractivity contribution in [3.8, 4) is 0 Å². The number of halogens is 1. The van der Waals surface area contributed by atoms with E-state index in [0.717, 1.165) is 36.3 Å². The zero-order valence-electron chi connectivity index (χ0n) is 13.8. The maximum Gasteiger partial charge on any atom is 0.257 e. The molecule has 1 aromatic carbocycles. The summed E-state index contributed by atoms with van der Waals surface area (Å²) < 4.78 is 0. The number of rotatable bonds is 6. The number of nitrogens with one attached hydrogen (secondary N) is 1. The van der Waals surface area contributed by atoms with Gasteiger partial charge in [-0.25, -0.2) is 0 Å². The van der Waals surface area contributed by atoms with Crippen LogP contribution in [0.3, 0.4) is 0 Å². The number of hydrogen-bond acceptors (Lipinski definition) is 3. The standard InChI is InChI=1S/C18H22ClN3O/c1-4-5-8-22(3)16-10-14(11-20-12-16)18(23)21-17-7-6-15(19)9-13(17)2/h6-7,9-12H,4-5,8H2,1-3H3,(H,21,23). The summed E-state index contributed by atoms with van der Waals surface area (Å²) in [5.41, 5.74) is 3.17. The molecule has 0 saturated carbocycles. The molecule has 5 heteroatoms. The van der Waals surface area contributed by atoms with Gasteiger partial charge in [0.15, 0.2) is 0 Å². The molecular weight excluding hydrogens is 310 g/mol. The van der Waals surface area contributed by atoms with Crippen molar-refractivity contribution >= 4 is 28.9 Å². The van der Waals surface area contributed by atoms with E-state index in [2.05, 4.69) is 22.1 Å². The smallest absolute Gasteiger partial charge is 0.257 e. The first-order chi connectivity index (χ1) is 11.0. The highest BCUT2D eigenvalue weighted by molar-refractivity contribution is 6.30. The predicted octanol–water partition coefficient (Wildman–Crippen LogP) is 4.53. The summed E-state index contributed by atoms with van der Waals surface area (Å²) in [6, 6.07) is 7.26. The second kappa shape index (κ2) is 7.97. The maximum atomic E-state index is 12.4. The van der Waals surface area contributed by atoms with Crippen LogP contribution in [0, 0.1) is 6.92 Å². The Morgan fingerprint density at radius 1 is 1.30 bits per heavy atom. The van der Waals surface area contributed by atoms with Crippen LogP contribution < -0.4 is 10.2 Å². The van der Waals surface area contributed by atoms with Crippen molar-refractivity contribution in [2.75, 3.05) is 23.8 Å². The number of amides is 1. The lowest BCUT2D eigenvalue weighted by molar-refractivity contribution is 0.102. The van der Waals surface area contributed by atoms with E-state index >= 15 is 0 Å². The van der Waals surface area contributed by atoms with E-state index < -0.39 is 0 Å². The van der Waals surface area contributed by atoms with E-state index in [4.69, 9.17) is 11.6 Å². The summed E-state index contributed by atoms with van der Waals surface area (Å²) in [6.07, 6.45) is 5.60. The number of pyridine rings is 1. The number of nitrogens with zero attached hydrogens (tertiary/aromatic N) is 2. The minimum absolute atomic E-state index is 0.173. The third-order valence-electron chi connectivity index (χ3n) is 3.71. The molecule has 1 heterocycles. The molecule has 0 unspecified atom stereocenters. The monoisotopic (exact) mass is 331 g/mol. The molecule has 1 amide bonds. The number of aryl methyl sites for hydroxylation is 1. The van der Waals surface area contributed by atoms with Gasteiger partial charge in [-0.05, 0) is 43.2 Å². The van der Waals surface area contributed by atoms with Crippen LogP contribution in [0.5, 0.6) is 0 Å². The summed E-state index contributed by atoms with van der Waals surface area (Å²) in [6.45, 7) is 5.01. The van der Waals surface area contributed by atoms with Gasteiger partial charge in [0.05, 0.1) is 17.4 Å². The summed E-state index contributed by atoms with van der Waals surface area (Å²) >= 11 is 5.94. The zero-order valence-corrected chi connectivity index (χ0v) is 14.5. The number of carbonyl (C=O) groups is 1. The van der Waals surface area contributed by atoms with E-state index in [-0.39, 0.29) is 5.91 Å². The van der Waals surface area contributed by atoms with E-state index in [1.165, 1.54) is 0 Å². The van der Waals surface area contributed by atoms with Crippen molar-refractivity contribution in [2.24, 2.45) is 0 Å². The van der Waals surface area contributed by atoms with Gasteiger partial charge < -0.3 is 10.2 Å². The number of anilines is 2. The molecule has 0 atom stereocenters. The van der Waals surface area contributed by atoms with Crippen molar-refractivity contribution < 1.29 is 4.79 Å². The minimum Gasteiger partial charge on any atom is -0.373 e. The van der Waals surface area contributed by atoms with Gasteiger partial charge in [0, 0.05) is 30.5 Å². The molecule has 0 saturated heterocycles. The maximum absolute atomic E-state index is 12.4. The second-order valence-electron chi connectivity index (χ2n) is 5.62. The Morgan fingerprint density at radius 2 is 2.09 bits per heavy atom. The average molecular weight is 332 g/mol. The van der Waals surface area contributed by atoms with E-state index in [0.29, 0.717) is 10.6 Å². The average Bonchev–Trinajstić information content (AvgIpc) is 2.55. The van der Waals surface area contributed by atoms with Crippen LogP contribution in [0.25, 0.3) is 0 Å². The highest BCUT2D eigenvalue weighted by atomic mass is 35.5. The van der Waals surface area contributed by atoms with Crippen LogP contribution in [0.4, 0.5) is 11.4 Å². The van der Waals surface area contributed by atoms with Crippen molar-refractivity contribution in [3.63, 3.8) is 0 Å². The van der Waals surface area contributed by atoms with E-state index in [9.17, 15) is 4.79 Å². The topological polar surface area (TPSA) is 45.2 Å². The van der Waals surface area contributed by atoms with Gasteiger partial charge in [0.1, 0.15) is 0 Å². The SMILES string of the molecule is CCCCN(C)c1cncc(C(=O)Nc2ccc(Cl)cc2C)c1. The Balaban J connectivity index is 2.13. The Kier molecular flexibility index (Phi) is 5.99. The summed E-state index contributed by atoms with van der Waals surface area (Å²) in [5, 5.41) is 3.56. The summed E-state index contributed by atoms with van der Waals surface area (Å²) in [5.74, 6) is -0.173. The van der Waals surface area contributed by atoms with Crippen LogP contribution in [0.2, 0.25) is 5.02 Å². The Hall–Kier alpha value is -2.07. The highest BCUT2D eigenvalue weighted by Gasteiger charge is 2.10. The first kappa shape index (κ1) is 17.3. The fourth-order valence-corrected chi connectivity index (χ4v) is 2.47. The minimum atomic E-state index is -0.173. The third-order valence-corrected chi connectivity index (χ3v) is 3.95. The summed E-state index contributed by atoms with van der Waals surface area (Å²) in [7, 11) is 2.01. The molecule has 0 aliphatic heterocycles. The van der Waals surface area contributed by atoms with Gasteiger partial charge in [0.25, 0.3) is 5.91 Å². The first-order valence-electron chi connectivity index (χ1n) is 7.75. The van der Waals surface area contributed by atoms with E-state index in [1.54, 1.807) is 24.5 Å². The molecule has 0 aliphatic rings. The highest BCUT2D eigenvalue weighted by Crippen LogP contribution is 2.21. The van der Waals surface area contributed by atoms with Crippen LogP contribution in [0.1, 0.15) is 35.7 Å². The molecule has 0 bridgehead atoms. The lowest BCUT2D eigenvalue weighted by atomic mass is 10.2. The Labute approximate surface area is 142 Å². The molecule has 2 aromatic rings. The molecule has 1 N–H and O–H groups in total. The van der Waals surface area contributed by atoms with Gasteiger partial charge in [-0.2, -0.15) is 0 Å². The first-order valence-corrected chi connectivity index (χ1v) is 8.12. The van der Waals surface area contributed by atoms with Crippen molar-refractivity contribution in [2.45, 2.75) is 26.7 Å². The zero-order chi connectivity index (χ0) is 16.8. The fraction of sp³-hybridized carbons (Fsp3) is 0.333. The number of unbranched alkanes of at least 4 members (excludes halogenated alkanes) is 1. The molecule has 0 aliphatic carbocycles. The molecule has 0 fully saturated rings. The lowest BCUT2D eigenvalue weighted by Gasteiger charge is -2.19. The van der Waals surface area contributed by atoms with Gasteiger partial charge >= 0.3 is 0 Å². The fourth-order valence-electron chi connectivity index (χ4n) is 2.25. The summed E-state index contributed by atoms with van der Waals surface area (Å²) in [4.78, 5) is 18.7. The molecule has 1 aromatic heterocycles. The van der Waals surface area contributed by atoms with Crippen molar-refractivity contribution in [3.05, 3.63) is 52.8 Å². The van der Waals surface area contributed by atoms with Crippen molar-refractivity contribution in [1.82, 2.24) is 4.98 Å². The second-order valence-corrected chi connectivity index (χ2v) is 6.06. The molecule has 4 nitrogen and oxygen atoms in total. The quantitative estimate of drug-likeness (QED) is 0.845. The Bertz CT molecular complexity index is 688. The molecule has 122 valence electrons. The molecule has 2 rings (SSSR count). The largest absolute Gasteiger partial charge is 0.373 e. The molecular formula is C18H22ClN3O. The normalized spacial score (nSPS) is 10.4. The van der Waals surface area contributed by atoms with Gasteiger partial charge in [-0.15, -0.1) is 0 Å². The van der Waals surface area contributed by atoms with Crippen molar-refractivity contribution in [1.29, 1.82) is 0 Å². The van der Waals surface area contributed by atoms with Gasteiger partial charge in [0.2, 0.25) is 0 Å². The molecule has 0 radical (unpaired) electrons. The van der Waals surface area contributed by atoms with Gasteiger partial charge in [-0.1, -0.05) is 24.9 Å². The van der Waals surface area contributed by atoms with Crippen LogP contribution in [0.15, 0.2) is 36.7 Å². The van der Waals surface area contributed by atoms with Crippen LogP contribution >= 0.6 is 11.6 Å². The number of aromatic nitrogens is 1. The van der Waals surface area contributed by atoms with Crippen LogP contribution in [-0.4, -0.2) is 24.5 Å². The van der Waals surface area contributed by atoms with Crippen LogP contribution in [-0.2, 0) is 0 Å². The lowest BCUT2D eigenvalue weighted by Crippen LogP contribution is -2.20. The van der Waals surface area contributed by atoms with E-state index in [1.807, 2.05) is 26.1 Å². The number of carbonyl (C=O) groups excluding carboxylic acids is 1. The molecule has 0 spiro atoms. The number of benzene rings is 1. The van der Waals surface area contributed by atoms with Gasteiger partial charge in [-0.3, -0.25) is 9.78 Å². The predicted molar refractivity (Wildman–Crippen MR) is 96.6 cm³/mol.